The number of carbonyl (C=O) groups is 2. The Morgan fingerprint density at radius 1 is 1.25 bits per heavy atom. The lowest BCUT2D eigenvalue weighted by atomic mass is 9.74. The van der Waals surface area contributed by atoms with Crippen molar-refractivity contribution < 1.29 is 14.7 Å². The summed E-state index contributed by atoms with van der Waals surface area (Å²) in [7, 11) is 0. The van der Waals surface area contributed by atoms with Crippen LogP contribution in [0.25, 0.3) is 0 Å². The highest BCUT2D eigenvalue weighted by Crippen LogP contribution is 2.31. The fourth-order valence-corrected chi connectivity index (χ4v) is 2.21. The summed E-state index contributed by atoms with van der Waals surface area (Å²) in [5.74, 6) is -1.38. The summed E-state index contributed by atoms with van der Waals surface area (Å²) in [6, 6.07) is 4.91. The van der Waals surface area contributed by atoms with Crippen LogP contribution < -0.4 is 5.32 Å². The number of halogens is 2. The molecular formula is C14H17BrClNO3. The first-order valence-electron chi connectivity index (χ1n) is 6.00. The summed E-state index contributed by atoms with van der Waals surface area (Å²) >= 11 is 9.29. The molecule has 0 aliphatic rings. The quantitative estimate of drug-likeness (QED) is 0.858. The van der Waals surface area contributed by atoms with Gasteiger partial charge in [0.25, 0.3) is 5.91 Å². The predicted molar refractivity (Wildman–Crippen MR) is 82.1 cm³/mol. The average Bonchev–Trinajstić information content (AvgIpc) is 2.27. The molecule has 1 aromatic carbocycles. The fraction of sp³-hybridized carbons (Fsp3) is 0.429. The van der Waals surface area contributed by atoms with Crippen molar-refractivity contribution in [2.24, 2.45) is 5.41 Å². The van der Waals surface area contributed by atoms with Crippen molar-refractivity contribution in [2.75, 3.05) is 0 Å². The highest BCUT2D eigenvalue weighted by Gasteiger charge is 2.44. The van der Waals surface area contributed by atoms with Crippen LogP contribution >= 0.6 is 27.5 Å². The van der Waals surface area contributed by atoms with Crippen molar-refractivity contribution in [1.29, 1.82) is 0 Å². The van der Waals surface area contributed by atoms with Crippen LogP contribution in [0.2, 0.25) is 5.02 Å². The molecule has 1 amide bonds. The normalized spacial score (nSPS) is 12.1. The first-order valence-corrected chi connectivity index (χ1v) is 7.17. The number of carboxylic acids is 1. The number of amides is 1. The van der Waals surface area contributed by atoms with E-state index in [0.29, 0.717) is 10.6 Å². The van der Waals surface area contributed by atoms with E-state index < -0.39 is 22.8 Å². The Morgan fingerprint density at radius 3 is 2.25 bits per heavy atom. The first-order chi connectivity index (χ1) is 8.99. The molecule has 0 unspecified atom stereocenters. The zero-order valence-electron chi connectivity index (χ0n) is 11.8. The number of carboxylic acid groups (broad SMARTS) is 1. The predicted octanol–water partition coefficient (Wildman–Crippen LogP) is 3.72. The maximum Gasteiger partial charge on any atom is 0.311 e. The molecule has 0 aliphatic carbocycles. The third-order valence-electron chi connectivity index (χ3n) is 3.70. The molecule has 4 nitrogen and oxygen atoms in total. The van der Waals surface area contributed by atoms with Crippen molar-refractivity contribution in [3.63, 3.8) is 0 Å². The number of rotatable bonds is 4. The molecule has 0 spiro atoms. The van der Waals surface area contributed by atoms with Gasteiger partial charge in [0.1, 0.15) is 0 Å². The molecule has 1 aromatic rings. The van der Waals surface area contributed by atoms with Crippen molar-refractivity contribution in [1.82, 2.24) is 5.32 Å². The molecule has 0 saturated heterocycles. The maximum absolute atomic E-state index is 12.3. The van der Waals surface area contributed by atoms with Crippen LogP contribution in [0.5, 0.6) is 0 Å². The van der Waals surface area contributed by atoms with Gasteiger partial charge in [0, 0.05) is 4.47 Å². The van der Waals surface area contributed by atoms with E-state index in [4.69, 9.17) is 11.6 Å². The average molecular weight is 363 g/mol. The number of benzene rings is 1. The van der Waals surface area contributed by atoms with E-state index in [0.717, 1.165) is 4.47 Å². The van der Waals surface area contributed by atoms with Gasteiger partial charge in [0.15, 0.2) is 0 Å². The third kappa shape index (κ3) is 3.33. The lowest BCUT2D eigenvalue weighted by molar-refractivity contribution is -0.150. The summed E-state index contributed by atoms with van der Waals surface area (Å²) in [4.78, 5) is 23.6. The van der Waals surface area contributed by atoms with Gasteiger partial charge in [-0.15, -0.1) is 0 Å². The summed E-state index contributed by atoms with van der Waals surface area (Å²) < 4.78 is 0.768. The van der Waals surface area contributed by atoms with Gasteiger partial charge < -0.3 is 10.4 Å². The highest BCUT2D eigenvalue weighted by molar-refractivity contribution is 9.10. The van der Waals surface area contributed by atoms with E-state index in [1.807, 2.05) is 0 Å². The van der Waals surface area contributed by atoms with Crippen LogP contribution in [0.3, 0.4) is 0 Å². The van der Waals surface area contributed by atoms with Crippen molar-refractivity contribution >= 4 is 39.4 Å². The molecule has 0 bridgehead atoms. The van der Waals surface area contributed by atoms with Crippen molar-refractivity contribution in [3.8, 4) is 0 Å². The minimum Gasteiger partial charge on any atom is -0.481 e. The number of hydrogen-bond acceptors (Lipinski definition) is 2. The van der Waals surface area contributed by atoms with E-state index in [9.17, 15) is 14.7 Å². The number of nitrogens with one attached hydrogen (secondary N) is 1. The minimum absolute atomic E-state index is 0.306. The molecule has 0 heterocycles. The Morgan fingerprint density at radius 2 is 1.80 bits per heavy atom. The molecule has 1 rings (SSSR count). The standard InChI is InChI=1S/C14H17BrClNO3/c1-13(2,12(19)20)14(3,4)17-11(18)9-6-5-8(15)7-10(9)16/h5-7H,1-4H3,(H,17,18)(H,19,20). The van der Waals surface area contributed by atoms with Gasteiger partial charge in [-0.05, 0) is 45.9 Å². The van der Waals surface area contributed by atoms with Gasteiger partial charge in [0.2, 0.25) is 0 Å². The second kappa shape index (κ2) is 5.74. The SMILES string of the molecule is CC(C)(NC(=O)c1ccc(Br)cc1Cl)C(C)(C)C(=O)O. The van der Waals surface area contributed by atoms with E-state index in [1.165, 1.54) is 0 Å². The number of carbonyl (C=O) groups excluding carboxylic acids is 1. The molecule has 0 aromatic heterocycles. The lowest BCUT2D eigenvalue weighted by Crippen LogP contribution is -2.57. The minimum atomic E-state index is -1.12. The number of aliphatic carboxylic acids is 1. The maximum atomic E-state index is 12.3. The first kappa shape index (κ1) is 17.0. The second-order valence-electron chi connectivity index (χ2n) is 5.63. The lowest BCUT2D eigenvalue weighted by Gasteiger charge is -2.38. The Bertz CT molecular complexity index is 555. The van der Waals surface area contributed by atoms with E-state index in [2.05, 4.69) is 21.2 Å². The van der Waals surface area contributed by atoms with Crippen molar-refractivity contribution in [3.05, 3.63) is 33.3 Å². The van der Waals surface area contributed by atoms with Crippen LogP contribution in [-0.2, 0) is 4.79 Å². The fourth-order valence-electron chi connectivity index (χ4n) is 1.45. The van der Waals surface area contributed by atoms with Gasteiger partial charge in [0.05, 0.1) is 21.5 Å². The van der Waals surface area contributed by atoms with Gasteiger partial charge in [-0.2, -0.15) is 0 Å². The van der Waals surface area contributed by atoms with Crippen LogP contribution in [0, 0.1) is 5.41 Å². The molecule has 6 heteroatoms. The second-order valence-corrected chi connectivity index (χ2v) is 6.96. The highest BCUT2D eigenvalue weighted by atomic mass is 79.9. The van der Waals surface area contributed by atoms with Gasteiger partial charge >= 0.3 is 5.97 Å². The van der Waals surface area contributed by atoms with Crippen LogP contribution in [0.15, 0.2) is 22.7 Å². The van der Waals surface area contributed by atoms with Gasteiger partial charge in [-0.1, -0.05) is 27.5 Å². The van der Waals surface area contributed by atoms with Crippen LogP contribution in [0.4, 0.5) is 0 Å². The molecular weight excluding hydrogens is 346 g/mol. The van der Waals surface area contributed by atoms with E-state index in [1.54, 1.807) is 45.9 Å². The smallest absolute Gasteiger partial charge is 0.311 e. The topological polar surface area (TPSA) is 66.4 Å². The molecule has 0 saturated carbocycles. The van der Waals surface area contributed by atoms with Gasteiger partial charge in [-0.3, -0.25) is 9.59 Å². The Balaban J connectivity index is 3.03. The molecule has 110 valence electrons. The summed E-state index contributed by atoms with van der Waals surface area (Å²) in [5, 5.41) is 12.3. The number of hydrogen-bond donors (Lipinski definition) is 2. The van der Waals surface area contributed by atoms with E-state index in [-0.39, 0.29) is 0 Å². The molecule has 2 N–H and O–H groups in total. The van der Waals surface area contributed by atoms with Crippen LogP contribution in [0.1, 0.15) is 38.1 Å². The summed E-state index contributed by atoms with van der Waals surface area (Å²) in [6.45, 7) is 6.48. The van der Waals surface area contributed by atoms with Gasteiger partial charge in [-0.25, -0.2) is 0 Å². The van der Waals surface area contributed by atoms with Crippen molar-refractivity contribution in [2.45, 2.75) is 33.2 Å². The Kier molecular flexibility index (Phi) is 4.87. The third-order valence-corrected chi connectivity index (χ3v) is 4.50. The molecule has 0 fully saturated rings. The summed E-state index contributed by atoms with van der Waals surface area (Å²) in [5.41, 5.74) is -1.75. The monoisotopic (exact) mass is 361 g/mol. The zero-order chi connectivity index (χ0) is 15.7. The largest absolute Gasteiger partial charge is 0.481 e. The summed E-state index contributed by atoms with van der Waals surface area (Å²) in [6.07, 6.45) is 0. The molecule has 0 atom stereocenters. The van der Waals surface area contributed by atoms with E-state index >= 15 is 0 Å². The zero-order valence-corrected chi connectivity index (χ0v) is 14.1. The Hall–Kier alpha value is -1.07. The molecule has 20 heavy (non-hydrogen) atoms. The molecule has 0 aliphatic heterocycles. The Labute approximate surface area is 131 Å². The van der Waals surface area contributed by atoms with Crippen LogP contribution in [-0.4, -0.2) is 22.5 Å². The molecule has 0 radical (unpaired) electrons.